The summed E-state index contributed by atoms with van der Waals surface area (Å²) in [6, 6.07) is 10.4. The second-order valence-corrected chi connectivity index (χ2v) is 8.34. The lowest BCUT2D eigenvalue weighted by Crippen LogP contribution is -2.22. The zero-order valence-electron chi connectivity index (χ0n) is 16.8. The highest BCUT2D eigenvalue weighted by molar-refractivity contribution is 8.00. The van der Waals surface area contributed by atoms with Gasteiger partial charge in [-0.25, -0.2) is 0 Å². The number of carbonyl (C=O) groups is 3. The van der Waals surface area contributed by atoms with Gasteiger partial charge in [-0.2, -0.15) is 0 Å². The van der Waals surface area contributed by atoms with Gasteiger partial charge in [-0.3, -0.25) is 14.4 Å². The molecule has 2 rings (SSSR count). The summed E-state index contributed by atoms with van der Waals surface area (Å²) < 4.78 is 5.28. The van der Waals surface area contributed by atoms with E-state index in [0.29, 0.717) is 22.1 Å². The zero-order chi connectivity index (χ0) is 22.3. The van der Waals surface area contributed by atoms with E-state index in [2.05, 4.69) is 10.6 Å². The number of anilines is 2. The summed E-state index contributed by atoms with van der Waals surface area (Å²) in [4.78, 5) is 35.8. The normalized spacial score (nSPS) is 11.5. The Labute approximate surface area is 184 Å². The second kappa shape index (κ2) is 10.9. The van der Waals surface area contributed by atoms with Crippen LogP contribution in [-0.4, -0.2) is 35.2 Å². The third kappa shape index (κ3) is 6.96. The minimum Gasteiger partial charge on any atom is -0.495 e. The fourth-order valence-electron chi connectivity index (χ4n) is 2.51. The number of aryl methyl sites for hydroxylation is 1. The predicted octanol–water partition coefficient (Wildman–Crippen LogP) is 4.58. The van der Waals surface area contributed by atoms with E-state index in [1.54, 1.807) is 37.3 Å². The van der Waals surface area contributed by atoms with E-state index in [9.17, 15) is 14.4 Å². The number of benzene rings is 2. The highest BCUT2D eigenvalue weighted by Crippen LogP contribution is 2.32. The van der Waals surface area contributed by atoms with Gasteiger partial charge in [0.05, 0.1) is 24.5 Å². The highest BCUT2D eigenvalue weighted by Gasteiger charge is 2.18. The largest absolute Gasteiger partial charge is 0.495 e. The molecule has 2 aromatic rings. The van der Waals surface area contributed by atoms with Gasteiger partial charge in [0.1, 0.15) is 5.75 Å². The molecule has 1 atom stereocenters. The summed E-state index contributed by atoms with van der Waals surface area (Å²) in [5.74, 6) is -1.14. The number of methoxy groups -OCH3 is 1. The first-order chi connectivity index (χ1) is 14.2. The van der Waals surface area contributed by atoms with Gasteiger partial charge in [0.25, 0.3) is 0 Å². The van der Waals surface area contributed by atoms with Crippen LogP contribution in [0.25, 0.3) is 0 Å². The number of halogens is 1. The van der Waals surface area contributed by atoms with Crippen LogP contribution in [0.5, 0.6) is 5.75 Å². The van der Waals surface area contributed by atoms with Crippen molar-refractivity contribution < 1.29 is 24.2 Å². The van der Waals surface area contributed by atoms with Crippen molar-refractivity contribution in [2.45, 2.75) is 36.8 Å². The number of carboxylic acids is 1. The quantitative estimate of drug-likeness (QED) is 0.483. The first-order valence-electron chi connectivity index (χ1n) is 9.13. The van der Waals surface area contributed by atoms with E-state index in [1.165, 1.54) is 18.9 Å². The first kappa shape index (κ1) is 23.6. The van der Waals surface area contributed by atoms with Gasteiger partial charge in [0.15, 0.2) is 0 Å². The Kier molecular flexibility index (Phi) is 8.56. The maximum atomic E-state index is 12.6. The lowest BCUT2D eigenvalue weighted by molar-refractivity contribution is -0.138. The molecule has 0 radical (unpaired) electrons. The molecule has 1 unspecified atom stereocenters. The van der Waals surface area contributed by atoms with Crippen molar-refractivity contribution in [1.29, 1.82) is 0 Å². The average Bonchev–Trinajstić information content (AvgIpc) is 2.69. The minimum atomic E-state index is -1.03. The van der Waals surface area contributed by atoms with Crippen LogP contribution in [0.3, 0.4) is 0 Å². The monoisotopic (exact) mass is 450 g/mol. The van der Waals surface area contributed by atoms with Crippen LogP contribution in [0.4, 0.5) is 11.4 Å². The van der Waals surface area contributed by atoms with Gasteiger partial charge >= 0.3 is 5.97 Å². The van der Waals surface area contributed by atoms with Gasteiger partial charge in [0, 0.05) is 28.1 Å². The molecule has 160 valence electrons. The smallest absolute Gasteiger partial charge is 0.303 e. The SMILES string of the molecule is COc1cc(Cl)c(C)cc1NC(=O)C(C)Sc1cccc(NC(=O)CCC(=O)O)c1. The van der Waals surface area contributed by atoms with Crippen molar-refractivity contribution in [2.75, 3.05) is 17.7 Å². The van der Waals surface area contributed by atoms with Gasteiger partial charge < -0.3 is 20.5 Å². The van der Waals surface area contributed by atoms with Crippen LogP contribution in [0.1, 0.15) is 25.3 Å². The number of carboxylic acid groups (broad SMARTS) is 1. The molecular formula is C21H23ClN2O5S. The van der Waals surface area contributed by atoms with Crippen molar-refractivity contribution >= 4 is 52.5 Å². The maximum absolute atomic E-state index is 12.6. The van der Waals surface area contributed by atoms with E-state index in [4.69, 9.17) is 21.4 Å². The molecular weight excluding hydrogens is 428 g/mol. The Morgan fingerprint density at radius 3 is 2.57 bits per heavy atom. The van der Waals surface area contributed by atoms with Gasteiger partial charge in [-0.1, -0.05) is 17.7 Å². The third-order valence-electron chi connectivity index (χ3n) is 4.10. The number of aliphatic carboxylic acids is 1. The minimum absolute atomic E-state index is 0.103. The molecule has 0 aliphatic carbocycles. The number of amides is 2. The maximum Gasteiger partial charge on any atom is 0.303 e. The standard InChI is InChI=1S/C21H23ClN2O5S/c1-12-9-17(18(29-3)11-16(12)22)24-21(28)13(2)30-15-6-4-5-14(10-15)23-19(25)7-8-20(26)27/h4-6,9-11,13H,7-8H2,1-3H3,(H,23,25)(H,24,28)(H,26,27). The number of nitrogens with one attached hydrogen (secondary N) is 2. The van der Waals surface area contributed by atoms with Crippen molar-refractivity contribution in [2.24, 2.45) is 0 Å². The Bertz CT molecular complexity index is 951. The van der Waals surface area contributed by atoms with Crippen molar-refractivity contribution in [1.82, 2.24) is 0 Å². The summed E-state index contributed by atoms with van der Waals surface area (Å²) in [5.41, 5.74) is 1.90. The molecule has 0 aliphatic rings. The number of hydrogen-bond acceptors (Lipinski definition) is 5. The average molecular weight is 451 g/mol. The second-order valence-electron chi connectivity index (χ2n) is 6.52. The molecule has 0 aliphatic heterocycles. The molecule has 2 amide bonds. The molecule has 7 nitrogen and oxygen atoms in total. The van der Waals surface area contributed by atoms with Crippen LogP contribution >= 0.6 is 23.4 Å². The fraction of sp³-hybridized carbons (Fsp3) is 0.286. The molecule has 0 aromatic heterocycles. The molecule has 0 saturated heterocycles. The van der Waals surface area contributed by atoms with E-state index in [-0.39, 0.29) is 24.7 Å². The molecule has 3 N–H and O–H groups in total. The molecule has 30 heavy (non-hydrogen) atoms. The van der Waals surface area contributed by atoms with Crippen molar-refractivity contribution in [3.63, 3.8) is 0 Å². The van der Waals surface area contributed by atoms with Gasteiger partial charge in [0.2, 0.25) is 11.8 Å². The molecule has 0 saturated carbocycles. The summed E-state index contributed by atoms with van der Waals surface area (Å²) in [6.45, 7) is 3.61. The van der Waals surface area contributed by atoms with Crippen LogP contribution in [0.15, 0.2) is 41.3 Å². The molecule has 9 heteroatoms. The lowest BCUT2D eigenvalue weighted by Gasteiger charge is -2.16. The van der Waals surface area contributed by atoms with Crippen LogP contribution in [0, 0.1) is 6.92 Å². The fourth-order valence-corrected chi connectivity index (χ4v) is 3.59. The van der Waals surface area contributed by atoms with Crippen molar-refractivity contribution in [3.8, 4) is 5.75 Å². The molecule has 0 fully saturated rings. The summed E-state index contributed by atoms with van der Waals surface area (Å²) in [7, 11) is 1.51. The number of hydrogen-bond donors (Lipinski definition) is 3. The highest BCUT2D eigenvalue weighted by atomic mass is 35.5. The Hall–Kier alpha value is -2.71. The van der Waals surface area contributed by atoms with Crippen LogP contribution in [0.2, 0.25) is 5.02 Å². The van der Waals surface area contributed by atoms with E-state index >= 15 is 0 Å². The van der Waals surface area contributed by atoms with E-state index in [0.717, 1.165) is 10.5 Å². The van der Waals surface area contributed by atoms with E-state index in [1.807, 2.05) is 13.0 Å². The number of carbonyl (C=O) groups excluding carboxylic acids is 2. The Balaban J connectivity index is 2.01. The summed E-state index contributed by atoms with van der Waals surface area (Å²) in [6.07, 6.45) is -0.334. The van der Waals surface area contributed by atoms with Gasteiger partial charge in [-0.05, 0) is 43.7 Å². The zero-order valence-corrected chi connectivity index (χ0v) is 18.4. The third-order valence-corrected chi connectivity index (χ3v) is 5.61. The topological polar surface area (TPSA) is 105 Å². The van der Waals surface area contributed by atoms with Crippen LogP contribution < -0.4 is 15.4 Å². The van der Waals surface area contributed by atoms with Crippen molar-refractivity contribution in [3.05, 3.63) is 47.0 Å². The Morgan fingerprint density at radius 2 is 1.90 bits per heavy atom. The first-order valence-corrected chi connectivity index (χ1v) is 10.4. The van der Waals surface area contributed by atoms with E-state index < -0.39 is 11.2 Å². The molecule has 2 aromatic carbocycles. The molecule has 0 bridgehead atoms. The lowest BCUT2D eigenvalue weighted by atomic mass is 10.2. The number of rotatable bonds is 9. The number of thioether (sulfide) groups is 1. The van der Waals surface area contributed by atoms with Crippen LogP contribution in [-0.2, 0) is 14.4 Å². The molecule has 0 spiro atoms. The molecule has 0 heterocycles. The van der Waals surface area contributed by atoms with Gasteiger partial charge in [-0.15, -0.1) is 11.8 Å². The Morgan fingerprint density at radius 1 is 1.17 bits per heavy atom. The summed E-state index contributed by atoms with van der Waals surface area (Å²) >= 11 is 7.43. The number of ether oxygens (including phenoxy) is 1. The summed E-state index contributed by atoms with van der Waals surface area (Å²) in [5, 5.41) is 14.3. The predicted molar refractivity (Wildman–Crippen MR) is 119 cm³/mol.